The Kier molecular flexibility index (Phi) is 5.25. The Balaban J connectivity index is 1.72. The Bertz CT molecular complexity index is 961. The van der Waals surface area contributed by atoms with Crippen LogP contribution < -0.4 is 15.8 Å². The van der Waals surface area contributed by atoms with Crippen molar-refractivity contribution in [1.29, 1.82) is 0 Å². The normalized spacial score (nSPS) is 10.8. The Morgan fingerprint density at radius 1 is 1.26 bits per heavy atom. The molecule has 1 amide bonds. The number of hydrogen-bond acceptors (Lipinski definition) is 5. The van der Waals surface area contributed by atoms with Crippen molar-refractivity contribution in [3.63, 3.8) is 0 Å². The van der Waals surface area contributed by atoms with Gasteiger partial charge in [-0.2, -0.15) is 13.9 Å². The summed E-state index contributed by atoms with van der Waals surface area (Å²) >= 11 is 0. The fraction of sp³-hybridized carbons (Fsp3) is 0.118. The Hall–Kier alpha value is -3.56. The minimum Gasteiger partial charge on any atom is -0.434 e. The Morgan fingerprint density at radius 2 is 2.04 bits per heavy atom. The molecule has 0 spiro atoms. The fourth-order valence-electron chi connectivity index (χ4n) is 2.33. The van der Waals surface area contributed by atoms with Crippen molar-refractivity contribution < 1.29 is 22.7 Å². The van der Waals surface area contributed by atoms with Gasteiger partial charge >= 0.3 is 6.61 Å². The number of alkyl halides is 2. The third-order valence-corrected chi connectivity index (χ3v) is 3.55. The van der Waals surface area contributed by atoms with Crippen LogP contribution in [-0.2, 0) is 6.54 Å². The van der Waals surface area contributed by atoms with Gasteiger partial charge in [0.1, 0.15) is 17.4 Å². The predicted molar refractivity (Wildman–Crippen MR) is 90.4 cm³/mol. The van der Waals surface area contributed by atoms with Crippen LogP contribution >= 0.6 is 0 Å². The van der Waals surface area contributed by atoms with Gasteiger partial charge in [-0.05, 0) is 30.3 Å². The maximum Gasteiger partial charge on any atom is 0.387 e. The van der Waals surface area contributed by atoms with Gasteiger partial charge in [-0.3, -0.25) is 9.89 Å². The number of rotatable bonds is 6. The molecule has 10 heteroatoms. The molecule has 4 N–H and O–H groups in total. The minimum absolute atomic E-state index is 0.0940. The summed E-state index contributed by atoms with van der Waals surface area (Å²) < 4.78 is 42.5. The first kappa shape index (κ1) is 18.2. The highest BCUT2D eigenvalue weighted by molar-refractivity contribution is 5.96. The monoisotopic (exact) mass is 377 g/mol. The van der Waals surface area contributed by atoms with Crippen molar-refractivity contribution in [2.24, 2.45) is 0 Å². The second kappa shape index (κ2) is 7.77. The van der Waals surface area contributed by atoms with Crippen molar-refractivity contribution in [1.82, 2.24) is 20.5 Å². The highest BCUT2D eigenvalue weighted by Gasteiger charge is 2.17. The van der Waals surface area contributed by atoms with Crippen LogP contribution in [0.15, 0.2) is 42.5 Å². The summed E-state index contributed by atoms with van der Waals surface area (Å²) in [6.07, 6.45) is 0. The van der Waals surface area contributed by atoms with Gasteiger partial charge in [0, 0.05) is 11.3 Å². The number of aromatic nitrogens is 3. The van der Waals surface area contributed by atoms with E-state index in [0.717, 1.165) is 18.2 Å². The average Bonchev–Trinajstić information content (AvgIpc) is 3.10. The van der Waals surface area contributed by atoms with Crippen LogP contribution in [0.25, 0.3) is 11.4 Å². The van der Waals surface area contributed by atoms with Crippen molar-refractivity contribution >= 4 is 11.6 Å². The summed E-state index contributed by atoms with van der Waals surface area (Å²) in [5, 5.41) is 9.10. The standard InChI is InChI=1S/C17H14F3N5O2/c18-9-5-6-13(27-17(19)20)11(7-9)16(26)22-8-14-23-15(25-24-14)10-3-1-2-4-12(10)21/h1-7,17H,8,21H2,(H,22,26)(H,23,24,25). The van der Waals surface area contributed by atoms with Gasteiger partial charge in [0.25, 0.3) is 5.91 Å². The summed E-state index contributed by atoms with van der Waals surface area (Å²) in [5.41, 5.74) is 6.60. The van der Waals surface area contributed by atoms with Crippen molar-refractivity contribution in [2.45, 2.75) is 13.2 Å². The van der Waals surface area contributed by atoms with E-state index in [-0.39, 0.29) is 12.1 Å². The average molecular weight is 377 g/mol. The summed E-state index contributed by atoms with van der Waals surface area (Å²) in [4.78, 5) is 16.4. The van der Waals surface area contributed by atoms with Crippen LogP contribution in [0.4, 0.5) is 18.9 Å². The van der Waals surface area contributed by atoms with E-state index in [0.29, 0.717) is 22.9 Å². The maximum atomic E-state index is 13.4. The lowest BCUT2D eigenvalue weighted by Crippen LogP contribution is -2.24. The summed E-state index contributed by atoms with van der Waals surface area (Å²) in [7, 11) is 0. The van der Waals surface area contributed by atoms with E-state index in [1.54, 1.807) is 24.3 Å². The van der Waals surface area contributed by atoms with Crippen molar-refractivity contribution in [3.05, 3.63) is 59.7 Å². The minimum atomic E-state index is -3.14. The number of amides is 1. The fourth-order valence-corrected chi connectivity index (χ4v) is 2.33. The molecule has 0 aliphatic carbocycles. The number of carbonyl (C=O) groups is 1. The van der Waals surface area contributed by atoms with Gasteiger partial charge in [0.15, 0.2) is 5.82 Å². The number of nitrogens with zero attached hydrogens (tertiary/aromatic N) is 2. The molecular weight excluding hydrogens is 363 g/mol. The van der Waals surface area contributed by atoms with Crippen LogP contribution in [0.1, 0.15) is 16.2 Å². The van der Waals surface area contributed by atoms with E-state index in [2.05, 4.69) is 25.2 Å². The molecule has 0 unspecified atom stereocenters. The zero-order valence-corrected chi connectivity index (χ0v) is 13.7. The number of nitrogens with two attached hydrogens (primary N) is 1. The topological polar surface area (TPSA) is 106 Å². The molecule has 0 bridgehead atoms. The van der Waals surface area contributed by atoms with Crippen molar-refractivity contribution in [3.8, 4) is 17.1 Å². The first-order valence-corrected chi connectivity index (χ1v) is 7.72. The number of aromatic amines is 1. The summed E-state index contributed by atoms with van der Waals surface area (Å²) in [6.45, 7) is -3.24. The lowest BCUT2D eigenvalue weighted by molar-refractivity contribution is -0.0502. The number of nitrogens with one attached hydrogen (secondary N) is 2. The third-order valence-electron chi connectivity index (χ3n) is 3.55. The number of H-pyrrole nitrogens is 1. The van der Waals surface area contributed by atoms with E-state index in [9.17, 15) is 18.0 Å². The summed E-state index contributed by atoms with van der Waals surface area (Å²) in [6, 6.07) is 9.66. The zero-order valence-electron chi connectivity index (χ0n) is 13.7. The van der Waals surface area contributed by atoms with E-state index >= 15 is 0 Å². The van der Waals surface area contributed by atoms with Gasteiger partial charge < -0.3 is 15.8 Å². The number of ether oxygens (including phenoxy) is 1. The summed E-state index contributed by atoms with van der Waals surface area (Å²) in [5.74, 6) is -1.36. The molecule has 0 saturated heterocycles. The largest absolute Gasteiger partial charge is 0.434 e. The number of benzene rings is 2. The van der Waals surface area contributed by atoms with Gasteiger partial charge in [-0.1, -0.05) is 12.1 Å². The number of anilines is 1. The molecule has 27 heavy (non-hydrogen) atoms. The molecule has 2 aromatic carbocycles. The number of carbonyl (C=O) groups excluding carboxylic acids is 1. The zero-order chi connectivity index (χ0) is 19.4. The molecule has 7 nitrogen and oxygen atoms in total. The predicted octanol–water partition coefficient (Wildman–Crippen LogP) is 2.72. The number of hydrogen-bond donors (Lipinski definition) is 3. The molecule has 3 aromatic rings. The van der Waals surface area contributed by atoms with Crippen LogP contribution in [-0.4, -0.2) is 27.7 Å². The second-order valence-electron chi connectivity index (χ2n) is 5.39. The van der Waals surface area contributed by atoms with Crippen LogP contribution in [0.3, 0.4) is 0 Å². The molecular formula is C17H14F3N5O2. The lowest BCUT2D eigenvalue weighted by Gasteiger charge is -2.10. The third kappa shape index (κ3) is 4.35. The molecule has 0 aliphatic rings. The quantitative estimate of drug-likeness (QED) is 0.573. The molecule has 0 radical (unpaired) electrons. The molecule has 0 atom stereocenters. The maximum absolute atomic E-state index is 13.4. The highest BCUT2D eigenvalue weighted by atomic mass is 19.3. The van der Waals surface area contributed by atoms with Gasteiger partial charge in [0.05, 0.1) is 12.1 Å². The van der Waals surface area contributed by atoms with E-state index < -0.39 is 24.1 Å². The van der Waals surface area contributed by atoms with Gasteiger partial charge in [-0.25, -0.2) is 9.37 Å². The first-order valence-electron chi connectivity index (χ1n) is 7.72. The van der Waals surface area contributed by atoms with Gasteiger partial charge in [-0.15, -0.1) is 0 Å². The molecule has 3 rings (SSSR count). The molecule has 0 fully saturated rings. The molecule has 0 aliphatic heterocycles. The first-order chi connectivity index (χ1) is 12.9. The Morgan fingerprint density at radius 3 is 2.78 bits per heavy atom. The second-order valence-corrected chi connectivity index (χ2v) is 5.39. The van der Waals surface area contributed by atoms with Crippen molar-refractivity contribution in [2.75, 3.05) is 5.73 Å². The smallest absolute Gasteiger partial charge is 0.387 e. The Labute approximate surface area is 151 Å². The molecule has 1 aromatic heterocycles. The number of halogens is 3. The van der Waals surface area contributed by atoms with E-state index in [1.807, 2.05) is 0 Å². The van der Waals surface area contributed by atoms with Crippen LogP contribution in [0, 0.1) is 5.82 Å². The highest BCUT2D eigenvalue weighted by Crippen LogP contribution is 2.23. The molecule has 1 heterocycles. The lowest BCUT2D eigenvalue weighted by atomic mass is 10.2. The van der Waals surface area contributed by atoms with Crippen LogP contribution in [0.2, 0.25) is 0 Å². The van der Waals surface area contributed by atoms with E-state index in [1.165, 1.54) is 0 Å². The molecule has 140 valence electrons. The number of para-hydroxylation sites is 1. The van der Waals surface area contributed by atoms with E-state index in [4.69, 9.17) is 5.73 Å². The van der Waals surface area contributed by atoms with Crippen LogP contribution in [0.5, 0.6) is 5.75 Å². The van der Waals surface area contributed by atoms with Gasteiger partial charge in [0.2, 0.25) is 0 Å². The number of nitrogen functional groups attached to an aromatic ring is 1. The SMILES string of the molecule is Nc1ccccc1-c1n[nH]c(CNC(=O)c2cc(F)ccc2OC(F)F)n1. The molecule has 0 saturated carbocycles.